The van der Waals surface area contributed by atoms with Crippen molar-refractivity contribution in [2.45, 2.75) is 31.1 Å². The topological polar surface area (TPSA) is 76.1 Å². The standard InChI is InChI=1S/C20H21NO5/c1-11(2)9-15-20-8-7-14(26-20)16(19(23)24)17(20)18(22)21(15)12-5-4-6-13(10-12)25-3/h4-8,10,14-17H,1,9H2,2-3H3,(H,23,24)/t14-,15-,16-,17+,20+/m0/s1. The van der Waals surface area contributed by atoms with Crippen LogP contribution in [0.25, 0.3) is 0 Å². The van der Waals surface area contributed by atoms with E-state index in [1.807, 2.05) is 25.1 Å². The zero-order valence-corrected chi connectivity index (χ0v) is 14.7. The van der Waals surface area contributed by atoms with Gasteiger partial charge in [-0.1, -0.05) is 23.8 Å². The van der Waals surface area contributed by atoms with E-state index in [-0.39, 0.29) is 11.9 Å². The lowest BCUT2D eigenvalue weighted by Gasteiger charge is -2.33. The van der Waals surface area contributed by atoms with E-state index in [0.717, 1.165) is 5.57 Å². The summed E-state index contributed by atoms with van der Waals surface area (Å²) >= 11 is 0. The third kappa shape index (κ3) is 2.15. The number of hydrogen-bond acceptors (Lipinski definition) is 4. The van der Waals surface area contributed by atoms with E-state index in [0.29, 0.717) is 17.9 Å². The molecule has 5 atom stereocenters. The highest BCUT2D eigenvalue weighted by Gasteiger charge is 2.71. The number of ether oxygens (including phenoxy) is 2. The molecule has 2 bridgehead atoms. The highest BCUT2D eigenvalue weighted by molar-refractivity contribution is 6.03. The predicted molar refractivity (Wildman–Crippen MR) is 95.1 cm³/mol. The van der Waals surface area contributed by atoms with Gasteiger partial charge in [-0.15, -0.1) is 6.58 Å². The summed E-state index contributed by atoms with van der Waals surface area (Å²) in [5.74, 6) is -2.18. The smallest absolute Gasteiger partial charge is 0.310 e. The minimum atomic E-state index is -0.999. The number of benzene rings is 1. The molecule has 136 valence electrons. The maximum atomic E-state index is 13.4. The number of hydrogen-bond donors (Lipinski definition) is 1. The van der Waals surface area contributed by atoms with E-state index in [4.69, 9.17) is 9.47 Å². The van der Waals surface area contributed by atoms with Gasteiger partial charge >= 0.3 is 5.97 Å². The molecule has 0 unspecified atom stereocenters. The number of anilines is 1. The Bertz CT molecular complexity index is 831. The first-order valence-electron chi connectivity index (χ1n) is 8.60. The summed E-state index contributed by atoms with van der Waals surface area (Å²) in [7, 11) is 1.57. The summed E-state index contributed by atoms with van der Waals surface area (Å²) in [5.41, 5.74) is 0.659. The third-order valence-corrected chi connectivity index (χ3v) is 5.58. The van der Waals surface area contributed by atoms with Gasteiger partial charge in [0.2, 0.25) is 5.91 Å². The maximum absolute atomic E-state index is 13.4. The van der Waals surface area contributed by atoms with Crippen molar-refractivity contribution in [2.75, 3.05) is 12.0 Å². The molecule has 0 saturated carbocycles. The number of carbonyl (C=O) groups is 2. The summed E-state index contributed by atoms with van der Waals surface area (Å²) in [5, 5.41) is 9.68. The average molecular weight is 355 g/mol. The Kier molecular flexibility index (Phi) is 3.70. The van der Waals surface area contributed by atoms with Crippen LogP contribution in [0.4, 0.5) is 5.69 Å². The van der Waals surface area contributed by atoms with E-state index < -0.39 is 29.5 Å². The van der Waals surface area contributed by atoms with Crippen molar-refractivity contribution >= 4 is 17.6 Å². The SMILES string of the molecule is C=C(C)C[C@@H]1N(c2cccc(OC)c2)C(=O)[C@H]2[C@@H](C(=O)O)[C@@H]3C=C[C@@]12O3. The van der Waals surface area contributed by atoms with Crippen LogP contribution in [0.1, 0.15) is 13.3 Å². The van der Waals surface area contributed by atoms with Gasteiger partial charge in [-0.25, -0.2) is 0 Å². The van der Waals surface area contributed by atoms with E-state index in [1.54, 1.807) is 30.2 Å². The fraction of sp³-hybridized carbons (Fsp3) is 0.400. The number of carboxylic acids is 1. The minimum Gasteiger partial charge on any atom is -0.497 e. The fourth-order valence-electron chi connectivity index (χ4n) is 4.58. The molecule has 0 radical (unpaired) electrons. The molecule has 6 heteroatoms. The molecule has 6 nitrogen and oxygen atoms in total. The van der Waals surface area contributed by atoms with Crippen molar-refractivity contribution in [1.29, 1.82) is 0 Å². The Morgan fingerprint density at radius 3 is 2.88 bits per heavy atom. The molecule has 3 aliphatic rings. The molecular formula is C20H21NO5. The molecule has 1 aromatic rings. The third-order valence-electron chi connectivity index (χ3n) is 5.58. The van der Waals surface area contributed by atoms with Gasteiger partial charge in [-0.2, -0.15) is 0 Å². The number of aliphatic carboxylic acids is 1. The average Bonchev–Trinajstić information content (AvgIpc) is 3.24. The van der Waals surface area contributed by atoms with Gasteiger partial charge in [0, 0.05) is 11.8 Å². The van der Waals surface area contributed by atoms with Crippen molar-refractivity contribution in [1.82, 2.24) is 0 Å². The van der Waals surface area contributed by atoms with Crippen LogP contribution in [0.3, 0.4) is 0 Å². The zero-order chi connectivity index (χ0) is 18.6. The molecule has 1 N–H and O–H groups in total. The quantitative estimate of drug-likeness (QED) is 0.821. The molecule has 2 fully saturated rings. The van der Waals surface area contributed by atoms with Crippen molar-refractivity contribution in [3.8, 4) is 5.75 Å². The predicted octanol–water partition coefficient (Wildman–Crippen LogP) is 2.40. The van der Waals surface area contributed by atoms with Crippen LogP contribution in [-0.2, 0) is 14.3 Å². The summed E-state index contributed by atoms with van der Waals surface area (Å²) < 4.78 is 11.4. The van der Waals surface area contributed by atoms with Crippen molar-refractivity contribution in [2.24, 2.45) is 11.8 Å². The lowest BCUT2D eigenvalue weighted by atomic mass is 9.74. The van der Waals surface area contributed by atoms with Gasteiger partial charge < -0.3 is 19.5 Å². The van der Waals surface area contributed by atoms with Crippen molar-refractivity contribution in [3.05, 3.63) is 48.6 Å². The Hall–Kier alpha value is -2.60. The summed E-state index contributed by atoms with van der Waals surface area (Å²) in [6.45, 7) is 5.89. The molecule has 2 saturated heterocycles. The van der Waals surface area contributed by atoms with E-state index in [9.17, 15) is 14.7 Å². The highest BCUT2D eigenvalue weighted by atomic mass is 16.5. The van der Waals surface area contributed by atoms with Crippen LogP contribution in [0.15, 0.2) is 48.6 Å². The van der Waals surface area contributed by atoms with Gasteiger partial charge in [0.25, 0.3) is 0 Å². The molecular weight excluding hydrogens is 334 g/mol. The molecule has 1 amide bonds. The summed E-state index contributed by atoms with van der Waals surface area (Å²) in [6.07, 6.45) is 3.64. The Labute approximate surface area is 151 Å². The van der Waals surface area contributed by atoms with Crippen molar-refractivity contribution < 1.29 is 24.2 Å². The largest absolute Gasteiger partial charge is 0.497 e. The van der Waals surface area contributed by atoms with Gasteiger partial charge in [0.15, 0.2) is 0 Å². The fourth-order valence-corrected chi connectivity index (χ4v) is 4.58. The Balaban J connectivity index is 1.84. The number of rotatable bonds is 5. The van der Waals surface area contributed by atoms with Gasteiger partial charge in [-0.3, -0.25) is 9.59 Å². The summed E-state index contributed by atoms with van der Waals surface area (Å²) in [6, 6.07) is 6.89. The molecule has 1 aromatic carbocycles. The molecule has 3 aliphatic heterocycles. The molecule has 0 aliphatic carbocycles. The van der Waals surface area contributed by atoms with E-state index >= 15 is 0 Å². The lowest BCUT2D eigenvalue weighted by Crippen LogP contribution is -2.45. The number of methoxy groups -OCH3 is 1. The Morgan fingerprint density at radius 2 is 2.23 bits per heavy atom. The second-order valence-corrected chi connectivity index (χ2v) is 7.22. The van der Waals surface area contributed by atoms with E-state index in [1.165, 1.54) is 0 Å². The van der Waals surface area contributed by atoms with Crippen LogP contribution in [0.2, 0.25) is 0 Å². The number of carboxylic acid groups (broad SMARTS) is 1. The van der Waals surface area contributed by atoms with Crippen LogP contribution in [0.5, 0.6) is 5.75 Å². The van der Waals surface area contributed by atoms with Crippen LogP contribution >= 0.6 is 0 Å². The second-order valence-electron chi connectivity index (χ2n) is 7.22. The molecule has 1 spiro atoms. The maximum Gasteiger partial charge on any atom is 0.310 e. The van der Waals surface area contributed by atoms with Crippen LogP contribution in [0, 0.1) is 11.8 Å². The molecule has 3 heterocycles. The van der Waals surface area contributed by atoms with Crippen LogP contribution < -0.4 is 9.64 Å². The summed E-state index contributed by atoms with van der Waals surface area (Å²) in [4.78, 5) is 26.9. The first kappa shape index (κ1) is 16.8. The number of carbonyl (C=O) groups excluding carboxylic acids is 1. The molecule has 0 aromatic heterocycles. The first-order chi connectivity index (χ1) is 12.4. The van der Waals surface area contributed by atoms with Crippen LogP contribution in [-0.4, -0.2) is 41.8 Å². The number of fused-ring (bicyclic) bond motifs is 1. The zero-order valence-electron chi connectivity index (χ0n) is 14.7. The Morgan fingerprint density at radius 1 is 1.46 bits per heavy atom. The minimum absolute atomic E-state index is 0.219. The molecule has 4 rings (SSSR count). The van der Waals surface area contributed by atoms with Gasteiger partial charge in [-0.05, 0) is 25.5 Å². The molecule has 26 heavy (non-hydrogen) atoms. The normalized spacial score (nSPS) is 34.2. The number of amides is 1. The monoisotopic (exact) mass is 355 g/mol. The van der Waals surface area contributed by atoms with Gasteiger partial charge in [0.05, 0.1) is 25.2 Å². The highest BCUT2D eigenvalue weighted by Crippen LogP contribution is 2.56. The number of nitrogens with zero attached hydrogens (tertiary/aromatic N) is 1. The van der Waals surface area contributed by atoms with E-state index in [2.05, 4.69) is 6.58 Å². The first-order valence-corrected chi connectivity index (χ1v) is 8.60. The van der Waals surface area contributed by atoms with Crippen molar-refractivity contribution in [3.63, 3.8) is 0 Å². The lowest BCUT2D eigenvalue weighted by molar-refractivity contribution is -0.146. The van der Waals surface area contributed by atoms with Gasteiger partial charge in [0.1, 0.15) is 17.3 Å². The second kappa shape index (κ2) is 5.71.